The number of hydrogen-bond acceptors (Lipinski definition) is 3. The van der Waals surface area contributed by atoms with E-state index in [1.807, 2.05) is 49.4 Å². The molecular weight excluding hydrogens is 453 g/mol. The first-order valence-electron chi connectivity index (χ1n) is 9.18. The molecule has 2 rings (SSSR count). The number of guanidine groups is 1. The number of halogens is 1. The molecule has 0 saturated carbocycles. The summed E-state index contributed by atoms with van der Waals surface area (Å²) in [6.45, 7) is 8.08. The molecule has 0 radical (unpaired) electrons. The van der Waals surface area contributed by atoms with Crippen molar-refractivity contribution in [2.45, 2.75) is 27.0 Å². The zero-order valence-corrected chi connectivity index (χ0v) is 18.4. The second-order valence-corrected chi connectivity index (χ2v) is 5.69. The molecule has 0 aromatic heterocycles. The van der Waals surface area contributed by atoms with E-state index in [4.69, 9.17) is 9.47 Å². The first-order chi connectivity index (χ1) is 12.8. The average molecular weight is 483 g/mol. The van der Waals surface area contributed by atoms with Gasteiger partial charge in [-0.3, -0.25) is 0 Å². The van der Waals surface area contributed by atoms with Crippen molar-refractivity contribution in [1.82, 2.24) is 10.6 Å². The monoisotopic (exact) mass is 483 g/mol. The van der Waals surface area contributed by atoms with Gasteiger partial charge < -0.3 is 20.1 Å². The van der Waals surface area contributed by atoms with Gasteiger partial charge in [0, 0.05) is 13.2 Å². The van der Waals surface area contributed by atoms with Crippen LogP contribution in [-0.2, 0) is 17.9 Å². The lowest BCUT2D eigenvalue weighted by atomic mass is 10.1. The van der Waals surface area contributed by atoms with Crippen molar-refractivity contribution in [3.05, 3.63) is 65.7 Å². The number of aliphatic imine (C=N–C) groups is 1. The zero-order chi connectivity index (χ0) is 18.5. The lowest BCUT2D eigenvalue weighted by Crippen LogP contribution is -2.39. The third-order valence-corrected chi connectivity index (χ3v) is 3.74. The van der Waals surface area contributed by atoms with Crippen LogP contribution in [0.4, 0.5) is 0 Å². The van der Waals surface area contributed by atoms with Gasteiger partial charge in [0.1, 0.15) is 12.4 Å². The maximum atomic E-state index is 5.70. The highest BCUT2D eigenvalue weighted by Crippen LogP contribution is 2.11. The van der Waals surface area contributed by atoms with Crippen molar-refractivity contribution in [2.24, 2.45) is 4.99 Å². The maximum Gasteiger partial charge on any atom is 0.191 e. The molecule has 2 aromatic carbocycles. The zero-order valence-electron chi connectivity index (χ0n) is 16.1. The second-order valence-electron chi connectivity index (χ2n) is 5.69. The van der Waals surface area contributed by atoms with Crippen LogP contribution in [0.3, 0.4) is 0 Å². The Kier molecular flexibility index (Phi) is 12.3. The highest BCUT2D eigenvalue weighted by atomic mass is 127. The van der Waals surface area contributed by atoms with Crippen LogP contribution in [0, 0.1) is 0 Å². The van der Waals surface area contributed by atoms with Crippen LogP contribution >= 0.6 is 24.0 Å². The number of nitrogens with zero attached hydrogens (tertiary/aromatic N) is 1. The minimum Gasteiger partial charge on any atom is -0.492 e. The molecule has 5 nitrogen and oxygen atoms in total. The summed E-state index contributed by atoms with van der Waals surface area (Å²) in [6.07, 6.45) is 0. The van der Waals surface area contributed by atoms with Crippen molar-refractivity contribution in [3.63, 3.8) is 0 Å². The lowest BCUT2D eigenvalue weighted by molar-refractivity contribution is 0.133. The molecule has 0 fully saturated rings. The molecule has 27 heavy (non-hydrogen) atoms. The Morgan fingerprint density at radius 3 is 2.33 bits per heavy atom. The normalized spacial score (nSPS) is 10.8. The number of hydrogen-bond donors (Lipinski definition) is 2. The number of ether oxygens (including phenoxy) is 2. The fraction of sp³-hybridized carbons (Fsp3) is 0.381. The third kappa shape index (κ3) is 9.10. The van der Waals surface area contributed by atoms with E-state index in [0.717, 1.165) is 18.3 Å². The predicted molar refractivity (Wildman–Crippen MR) is 122 cm³/mol. The molecule has 0 aliphatic carbocycles. The van der Waals surface area contributed by atoms with Crippen LogP contribution in [-0.4, -0.2) is 32.3 Å². The average Bonchev–Trinajstić information content (AvgIpc) is 2.69. The van der Waals surface area contributed by atoms with E-state index in [2.05, 4.69) is 34.7 Å². The summed E-state index contributed by atoms with van der Waals surface area (Å²) in [5, 5.41) is 6.57. The van der Waals surface area contributed by atoms with Gasteiger partial charge in [0.2, 0.25) is 0 Å². The van der Waals surface area contributed by atoms with Gasteiger partial charge in [0.05, 0.1) is 19.7 Å². The molecule has 0 saturated heterocycles. The summed E-state index contributed by atoms with van der Waals surface area (Å²) in [4.78, 5) is 4.68. The van der Waals surface area contributed by atoms with Crippen LogP contribution in [0.25, 0.3) is 0 Å². The van der Waals surface area contributed by atoms with Crippen LogP contribution in [0.15, 0.2) is 59.6 Å². The van der Waals surface area contributed by atoms with Crippen LogP contribution in [0.5, 0.6) is 5.75 Å². The summed E-state index contributed by atoms with van der Waals surface area (Å²) < 4.78 is 11.2. The molecule has 0 spiro atoms. The van der Waals surface area contributed by atoms with Crippen molar-refractivity contribution in [1.29, 1.82) is 0 Å². The van der Waals surface area contributed by atoms with E-state index < -0.39 is 0 Å². The second kappa shape index (κ2) is 14.3. The van der Waals surface area contributed by atoms with Crippen molar-refractivity contribution >= 4 is 29.9 Å². The van der Waals surface area contributed by atoms with Crippen LogP contribution < -0.4 is 15.4 Å². The van der Waals surface area contributed by atoms with E-state index in [9.17, 15) is 0 Å². The summed E-state index contributed by atoms with van der Waals surface area (Å²) in [7, 11) is 0. The molecule has 2 N–H and O–H groups in total. The summed E-state index contributed by atoms with van der Waals surface area (Å²) >= 11 is 0. The van der Waals surface area contributed by atoms with Gasteiger partial charge >= 0.3 is 0 Å². The fourth-order valence-electron chi connectivity index (χ4n) is 2.43. The van der Waals surface area contributed by atoms with E-state index in [1.54, 1.807) is 0 Å². The Hall–Kier alpha value is -1.80. The molecule has 0 heterocycles. The topological polar surface area (TPSA) is 54.9 Å². The van der Waals surface area contributed by atoms with Gasteiger partial charge in [0.25, 0.3) is 0 Å². The molecule has 0 amide bonds. The number of benzene rings is 2. The van der Waals surface area contributed by atoms with Gasteiger partial charge in [-0.15, -0.1) is 24.0 Å². The molecule has 0 aliphatic rings. The van der Waals surface area contributed by atoms with Crippen LogP contribution in [0.1, 0.15) is 25.0 Å². The van der Waals surface area contributed by atoms with Crippen molar-refractivity contribution < 1.29 is 9.47 Å². The fourth-order valence-corrected chi connectivity index (χ4v) is 2.43. The molecule has 0 bridgehead atoms. The van der Waals surface area contributed by atoms with Crippen molar-refractivity contribution in [2.75, 3.05) is 26.3 Å². The maximum absolute atomic E-state index is 5.70. The van der Waals surface area contributed by atoms with E-state index in [1.165, 1.54) is 11.1 Å². The van der Waals surface area contributed by atoms with Crippen LogP contribution in [0.2, 0.25) is 0 Å². The lowest BCUT2D eigenvalue weighted by Gasteiger charge is -2.13. The standard InChI is InChI=1S/C21H29N3O2.HI/c1-3-22-21(23-14-15-26-20-12-6-5-7-13-20)24-16-18-10-8-9-11-19(18)17-25-4-2;/h5-13H,3-4,14-17H2,1-2H3,(H2,22,23,24);1H. The quantitative estimate of drug-likeness (QED) is 0.233. The van der Waals surface area contributed by atoms with Gasteiger partial charge in [-0.1, -0.05) is 42.5 Å². The number of nitrogens with one attached hydrogen (secondary N) is 2. The van der Waals surface area contributed by atoms with E-state index in [-0.39, 0.29) is 24.0 Å². The Bertz CT molecular complexity index is 665. The summed E-state index contributed by atoms with van der Waals surface area (Å²) in [5.74, 6) is 1.66. The number of rotatable bonds is 10. The van der Waals surface area contributed by atoms with E-state index in [0.29, 0.717) is 32.9 Å². The number of para-hydroxylation sites is 1. The highest BCUT2D eigenvalue weighted by Gasteiger charge is 2.03. The third-order valence-electron chi connectivity index (χ3n) is 3.74. The van der Waals surface area contributed by atoms with Crippen molar-refractivity contribution in [3.8, 4) is 5.75 Å². The predicted octanol–water partition coefficient (Wildman–Crippen LogP) is 3.98. The molecule has 0 atom stereocenters. The minimum absolute atomic E-state index is 0. The van der Waals surface area contributed by atoms with Gasteiger partial charge in [-0.05, 0) is 37.1 Å². The first-order valence-corrected chi connectivity index (χ1v) is 9.18. The minimum atomic E-state index is 0. The largest absolute Gasteiger partial charge is 0.492 e. The van der Waals surface area contributed by atoms with Gasteiger partial charge in [0.15, 0.2) is 5.96 Å². The Balaban J connectivity index is 0.00000364. The molecule has 0 aliphatic heterocycles. The van der Waals surface area contributed by atoms with E-state index >= 15 is 0 Å². The highest BCUT2D eigenvalue weighted by molar-refractivity contribution is 14.0. The van der Waals surface area contributed by atoms with Gasteiger partial charge in [-0.2, -0.15) is 0 Å². The molecule has 2 aromatic rings. The molecule has 148 valence electrons. The Labute approximate surface area is 179 Å². The SMILES string of the molecule is CCNC(=NCc1ccccc1COCC)NCCOc1ccccc1.I. The molecule has 6 heteroatoms. The Morgan fingerprint density at radius 2 is 1.63 bits per heavy atom. The smallest absolute Gasteiger partial charge is 0.191 e. The first kappa shape index (κ1) is 23.2. The summed E-state index contributed by atoms with van der Waals surface area (Å²) in [6, 6.07) is 18.1. The Morgan fingerprint density at radius 1 is 0.926 bits per heavy atom. The molecular formula is C21H30IN3O2. The molecule has 0 unspecified atom stereocenters. The summed E-state index contributed by atoms with van der Waals surface area (Å²) in [5.41, 5.74) is 2.36. The van der Waals surface area contributed by atoms with Gasteiger partial charge in [-0.25, -0.2) is 4.99 Å².